The molecule has 0 radical (unpaired) electrons. The number of imidazole rings is 1. The van der Waals surface area contributed by atoms with E-state index in [1.54, 1.807) is 29.1 Å². The van der Waals surface area contributed by atoms with Gasteiger partial charge in [0.1, 0.15) is 5.82 Å². The Bertz CT molecular complexity index is 759. The molecule has 0 aliphatic rings. The predicted molar refractivity (Wildman–Crippen MR) is 71.6 cm³/mol. The summed E-state index contributed by atoms with van der Waals surface area (Å²) in [6.45, 7) is 0. The second-order valence-electron chi connectivity index (χ2n) is 3.81. The van der Waals surface area contributed by atoms with Crippen molar-refractivity contribution in [3.8, 4) is 11.6 Å². The number of anilines is 1. The second kappa shape index (κ2) is 4.51. The molecule has 0 saturated heterocycles. The van der Waals surface area contributed by atoms with Crippen LogP contribution in [0.15, 0.2) is 41.3 Å². The van der Waals surface area contributed by atoms with Crippen LogP contribution >= 0.6 is 15.9 Å². The molecule has 0 unspecified atom stereocenters. The lowest BCUT2D eigenvalue weighted by Gasteiger charge is -2.08. The van der Waals surface area contributed by atoms with E-state index in [1.165, 1.54) is 12.1 Å². The molecule has 0 amide bonds. The minimum Gasteiger partial charge on any atom is -0.433 e. The molecule has 0 aliphatic heterocycles. The molecule has 96 valence electrons. The number of fused-ring (bicyclic) bond motifs is 1. The van der Waals surface area contributed by atoms with Crippen LogP contribution in [0.25, 0.3) is 5.65 Å². The molecule has 3 rings (SSSR count). The van der Waals surface area contributed by atoms with E-state index in [9.17, 15) is 4.39 Å². The highest BCUT2D eigenvalue weighted by atomic mass is 79.9. The van der Waals surface area contributed by atoms with Crippen LogP contribution in [0.3, 0.4) is 0 Å². The van der Waals surface area contributed by atoms with Crippen molar-refractivity contribution >= 4 is 27.4 Å². The molecule has 0 spiro atoms. The van der Waals surface area contributed by atoms with E-state index in [0.717, 1.165) is 0 Å². The maximum atomic E-state index is 13.6. The van der Waals surface area contributed by atoms with E-state index < -0.39 is 5.82 Å². The van der Waals surface area contributed by atoms with E-state index in [2.05, 4.69) is 25.9 Å². The smallest absolute Gasteiger partial charge is 0.265 e. The molecule has 2 heterocycles. The van der Waals surface area contributed by atoms with Gasteiger partial charge in [0.15, 0.2) is 11.6 Å². The lowest BCUT2D eigenvalue weighted by atomic mass is 10.3. The number of benzene rings is 1. The van der Waals surface area contributed by atoms with Crippen LogP contribution < -0.4 is 10.5 Å². The van der Waals surface area contributed by atoms with Crippen molar-refractivity contribution in [2.24, 2.45) is 0 Å². The molecule has 19 heavy (non-hydrogen) atoms. The minimum atomic E-state index is -0.489. The van der Waals surface area contributed by atoms with Gasteiger partial charge in [0.2, 0.25) is 5.65 Å². The number of nitrogens with zero attached hydrogens (tertiary/aromatic N) is 3. The molecule has 0 fully saturated rings. The number of hydrogen-bond donors (Lipinski definition) is 1. The fourth-order valence-electron chi connectivity index (χ4n) is 1.65. The SMILES string of the molecule is Nc1cn2ccnc2c(Oc2cc(Br)ccc2F)n1. The predicted octanol–water partition coefficient (Wildman–Crippen LogP) is 3.01. The zero-order valence-corrected chi connectivity index (χ0v) is 11.1. The van der Waals surface area contributed by atoms with Gasteiger partial charge in [0, 0.05) is 16.9 Å². The average molecular weight is 323 g/mol. The fourth-order valence-corrected chi connectivity index (χ4v) is 1.99. The highest BCUT2D eigenvalue weighted by molar-refractivity contribution is 9.10. The summed E-state index contributed by atoms with van der Waals surface area (Å²) in [5, 5.41) is 0. The van der Waals surface area contributed by atoms with Gasteiger partial charge in [-0.2, -0.15) is 4.98 Å². The van der Waals surface area contributed by atoms with Gasteiger partial charge in [-0.05, 0) is 18.2 Å². The van der Waals surface area contributed by atoms with E-state index in [1.807, 2.05) is 0 Å². The Balaban J connectivity index is 2.10. The first-order chi connectivity index (χ1) is 9.13. The molecular formula is C12H8BrFN4O. The summed E-state index contributed by atoms with van der Waals surface area (Å²) in [7, 11) is 0. The first-order valence-corrected chi connectivity index (χ1v) is 6.15. The van der Waals surface area contributed by atoms with Crippen molar-refractivity contribution < 1.29 is 9.13 Å². The number of aromatic nitrogens is 3. The summed E-state index contributed by atoms with van der Waals surface area (Å²) < 4.78 is 21.5. The first-order valence-electron chi connectivity index (χ1n) is 5.35. The third kappa shape index (κ3) is 2.24. The number of nitrogen functional groups attached to an aromatic ring is 1. The van der Waals surface area contributed by atoms with Gasteiger partial charge in [-0.15, -0.1) is 0 Å². The molecule has 2 N–H and O–H groups in total. The molecule has 0 aliphatic carbocycles. The van der Waals surface area contributed by atoms with Crippen LogP contribution in [0, 0.1) is 5.82 Å². The monoisotopic (exact) mass is 322 g/mol. The molecule has 0 atom stereocenters. The Kier molecular flexibility index (Phi) is 2.83. The van der Waals surface area contributed by atoms with Crippen molar-refractivity contribution in [2.75, 3.05) is 5.73 Å². The summed E-state index contributed by atoms with van der Waals surface area (Å²) in [4.78, 5) is 8.12. The molecule has 5 nitrogen and oxygen atoms in total. The van der Waals surface area contributed by atoms with Crippen LogP contribution in [0.1, 0.15) is 0 Å². The number of halogens is 2. The van der Waals surface area contributed by atoms with Crippen molar-refractivity contribution in [3.63, 3.8) is 0 Å². The fraction of sp³-hybridized carbons (Fsp3) is 0. The molecule has 0 bridgehead atoms. The van der Waals surface area contributed by atoms with Crippen molar-refractivity contribution in [2.45, 2.75) is 0 Å². The molecule has 7 heteroatoms. The topological polar surface area (TPSA) is 65.4 Å². The van der Waals surface area contributed by atoms with Gasteiger partial charge < -0.3 is 10.5 Å². The number of rotatable bonds is 2. The van der Waals surface area contributed by atoms with Crippen LogP contribution in [-0.2, 0) is 0 Å². The summed E-state index contributed by atoms with van der Waals surface area (Å²) in [6.07, 6.45) is 4.89. The Morgan fingerprint density at radius 3 is 3.05 bits per heavy atom. The molecule has 0 saturated carbocycles. The van der Waals surface area contributed by atoms with Gasteiger partial charge in [0.05, 0.1) is 6.20 Å². The highest BCUT2D eigenvalue weighted by Gasteiger charge is 2.12. The first kappa shape index (κ1) is 11.9. The van der Waals surface area contributed by atoms with Crippen LogP contribution in [-0.4, -0.2) is 14.4 Å². The van der Waals surface area contributed by atoms with Gasteiger partial charge >= 0.3 is 0 Å². The summed E-state index contributed by atoms with van der Waals surface area (Å²) in [5.74, 6) is -0.0209. The van der Waals surface area contributed by atoms with Crippen LogP contribution in [0.5, 0.6) is 11.6 Å². The molecule has 2 aromatic heterocycles. The number of ether oxygens (including phenoxy) is 1. The van der Waals surface area contributed by atoms with Crippen LogP contribution in [0.2, 0.25) is 0 Å². The molecular weight excluding hydrogens is 315 g/mol. The maximum absolute atomic E-state index is 13.6. The summed E-state index contributed by atoms with van der Waals surface area (Å²) in [5.41, 5.74) is 6.13. The van der Waals surface area contributed by atoms with Gasteiger partial charge in [-0.1, -0.05) is 15.9 Å². The summed E-state index contributed by atoms with van der Waals surface area (Å²) in [6, 6.07) is 4.40. The number of hydrogen-bond acceptors (Lipinski definition) is 4. The zero-order chi connectivity index (χ0) is 13.4. The van der Waals surface area contributed by atoms with Gasteiger partial charge in [0.25, 0.3) is 5.88 Å². The third-order valence-electron chi connectivity index (χ3n) is 2.46. The van der Waals surface area contributed by atoms with Crippen molar-refractivity contribution in [3.05, 3.63) is 47.1 Å². The quantitative estimate of drug-likeness (QED) is 0.787. The van der Waals surface area contributed by atoms with E-state index in [-0.39, 0.29) is 17.4 Å². The maximum Gasteiger partial charge on any atom is 0.265 e. The van der Waals surface area contributed by atoms with Crippen molar-refractivity contribution in [1.82, 2.24) is 14.4 Å². The molecule has 1 aromatic carbocycles. The van der Waals surface area contributed by atoms with E-state index in [4.69, 9.17) is 10.5 Å². The molecule has 3 aromatic rings. The van der Waals surface area contributed by atoms with E-state index >= 15 is 0 Å². The largest absolute Gasteiger partial charge is 0.433 e. The standard InChI is InChI=1S/C12H8BrFN4O/c13-7-1-2-8(14)9(5-7)19-12-11-16-3-4-18(11)6-10(15)17-12/h1-6H,15H2. The Labute approximate surface area is 116 Å². The van der Waals surface area contributed by atoms with Crippen molar-refractivity contribution in [1.29, 1.82) is 0 Å². The zero-order valence-electron chi connectivity index (χ0n) is 9.55. The third-order valence-corrected chi connectivity index (χ3v) is 2.96. The lowest BCUT2D eigenvalue weighted by molar-refractivity contribution is 0.429. The van der Waals surface area contributed by atoms with Gasteiger partial charge in [-0.3, -0.25) is 4.40 Å². The highest BCUT2D eigenvalue weighted by Crippen LogP contribution is 2.28. The normalized spacial score (nSPS) is 10.8. The second-order valence-corrected chi connectivity index (χ2v) is 4.72. The van der Waals surface area contributed by atoms with Gasteiger partial charge in [-0.25, -0.2) is 9.37 Å². The minimum absolute atomic E-state index is 0.0531. The van der Waals surface area contributed by atoms with Crippen LogP contribution in [0.4, 0.5) is 10.2 Å². The average Bonchev–Trinajstić information content (AvgIpc) is 2.82. The Hall–Kier alpha value is -2.15. The van der Waals surface area contributed by atoms with E-state index in [0.29, 0.717) is 10.1 Å². The Morgan fingerprint density at radius 1 is 1.37 bits per heavy atom. The number of nitrogens with two attached hydrogens (primary N) is 1. The Morgan fingerprint density at radius 2 is 2.21 bits per heavy atom. The lowest BCUT2D eigenvalue weighted by Crippen LogP contribution is -1.99. The summed E-state index contributed by atoms with van der Waals surface area (Å²) >= 11 is 3.25.